The fraction of sp³-hybridized carbons (Fsp3) is 0. The van der Waals surface area contributed by atoms with Crippen molar-refractivity contribution in [1.82, 2.24) is 9.38 Å². The first-order chi connectivity index (χ1) is 11.8. The predicted octanol–water partition coefficient (Wildman–Crippen LogP) is 6.07. The second kappa shape index (κ2) is 5.18. The first kappa shape index (κ1) is 13.8. The molecule has 5 rings (SSSR count). The molecule has 0 bridgehead atoms. The van der Waals surface area contributed by atoms with Crippen molar-refractivity contribution in [1.29, 1.82) is 0 Å². The van der Waals surface area contributed by atoms with Gasteiger partial charge in [0.1, 0.15) is 5.65 Å². The summed E-state index contributed by atoms with van der Waals surface area (Å²) in [5, 5.41) is 1.21. The third kappa shape index (κ3) is 1.98. The standard InChI is InChI=1S/C21H13BrN2/c22-16-11-9-14(10-12-16)17-13-15-5-1-3-7-19(15)24-20-8-4-2-6-18(20)23-21(17)24/h1-13H. The molecule has 0 aliphatic heterocycles. The number of nitrogens with zero attached hydrogens (tertiary/aromatic N) is 2. The minimum absolute atomic E-state index is 0.997. The molecule has 0 atom stereocenters. The molecule has 0 amide bonds. The zero-order valence-electron chi connectivity index (χ0n) is 12.8. The third-order valence-electron chi connectivity index (χ3n) is 4.43. The number of imidazole rings is 1. The van der Waals surface area contributed by atoms with Gasteiger partial charge >= 0.3 is 0 Å². The van der Waals surface area contributed by atoms with Crippen LogP contribution in [0.3, 0.4) is 0 Å². The van der Waals surface area contributed by atoms with E-state index < -0.39 is 0 Å². The largest absolute Gasteiger partial charge is 0.292 e. The molecule has 2 nitrogen and oxygen atoms in total. The van der Waals surface area contributed by atoms with E-state index in [1.807, 2.05) is 6.07 Å². The van der Waals surface area contributed by atoms with Crippen LogP contribution in [0.4, 0.5) is 0 Å². The lowest BCUT2D eigenvalue weighted by Crippen LogP contribution is -1.92. The van der Waals surface area contributed by atoms with E-state index in [0.29, 0.717) is 0 Å². The first-order valence-electron chi connectivity index (χ1n) is 7.86. The highest BCUT2D eigenvalue weighted by Crippen LogP contribution is 2.32. The summed E-state index contributed by atoms with van der Waals surface area (Å²) in [6, 6.07) is 27.4. The number of aromatic nitrogens is 2. The molecule has 0 radical (unpaired) electrons. The lowest BCUT2D eigenvalue weighted by molar-refractivity contribution is 1.30. The highest BCUT2D eigenvalue weighted by molar-refractivity contribution is 9.10. The van der Waals surface area contributed by atoms with E-state index >= 15 is 0 Å². The van der Waals surface area contributed by atoms with Gasteiger partial charge in [-0.25, -0.2) is 4.98 Å². The second-order valence-corrected chi connectivity index (χ2v) is 6.80. The van der Waals surface area contributed by atoms with Crippen LogP contribution in [0.5, 0.6) is 0 Å². The number of rotatable bonds is 1. The van der Waals surface area contributed by atoms with Gasteiger partial charge in [0.25, 0.3) is 0 Å². The van der Waals surface area contributed by atoms with Crippen molar-refractivity contribution >= 4 is 43.5 Å². The highest BCUT2D eigenvalue weighted by atomic mass is 79.9. The summed E-state index contributed by atoms with van der Waals surface area (Å²) >= 11 is 3.51. The predicted molar refractivity (Wildman–Crippen MR) is 103 cm³/mol. The van der Waals surface area contributed by atoms with Crippen molar-refractivity contribution < 1.29 is 0 Å². The number of hydrogen-bond acceptors (Lipinski definition) is 1. The van der Waals surface area contributed by atoms with Crippen LogP contribution < -0.4 is 0 Å². The van der Waals surface area contributed by atoms with Crippen molar-refractivity contribution in [2.45, 2.75) is 0 Å². The molecule has 2 aromatic heterocycles. The molecule has 0 aliphatic rings. The smallest absolute Gasteiger partial charge is 0.146 e. The van der Waals surface area contributed by atoms with Crippen molar-refractivity contribution in [3.63, 3.8) is 0 Å². The highest BCUT2D eigenvalue weighted by Gasteiger charge is 2.13. The Morgan fingerprint density at radius 3 is 2.29 bits per heavy atom. The SMILES string of the molecule is Brc1ccc(-c2cc3ccccc3n3c2nc2ccccc23)cc1. The van der Waals surface area contributed by atoms with Gasteiger partial charge in [-0.1, -0.05) is 58.4 Å². The van der Waals surface area contributed by atoms with Gasteiger partial charge in [0.15, 0.2) is 0 Å². The van der Waals surface area contributed by atoms with Crippen LogP contribution in [0.15, 0.2) is 83.3 Å². The van der Waals surface area contributed by atoms with Crippen LogP contribution in [0, 0.1) is 0 Å². The number of para-hydroxylation sites is 3. The molecule has 0 saturated carbocycles. The van der Waals surface area contributed by atoms with Crippen molar-refractivity contribution in [3.8, 4) is 11.1 Å². The fourth-order valence-corrected chi connectivity index (χ4v) is 3.59. The zero-order chi connectivity index (χ0) is 16.1. The number of benzene rings is 3. The maximum absolute atomic E-state index is 4.92. The van der Waals surface area contributed by atoms with Crippen molar-refractivity contribution in [2.75, 3.05) is 0 Å². The van der Waals surface area contributed by atoms with Gasteiger partial charge in [-0.15, -0.1) is 0 Å². The molecule has 0 spiro atoms. The molecule has 0 saturated heterocycles. The monoisotopic (exact) mass is 372 g/mol. The first-order valence-corrected chi connectivity index (χ1v) is 8.65. The zero-order valence-corrected chi connectivity index (χ0v) is 14.4. The van der Waals surface area contributed by atoms with E-state index in [-0.39, 0.29) is 0 Å². The molecule has 3 aromatic carbocycles. The van der Waals surface area contributed by atoms with Gasteiger partial charge in [-0.05, 0) is 47.3 Å². The summed E-state index contributed by atoms with van der Waals surface area (Å²) in [7, 11) is 0. The van der Waals surface area contributed by atoms with Gasteiger partial charge in [-0.3, -0.25) is 4.40 Å². The quantitative estimate of drug-likeness (QED) is 0.349. The molecule has 0 fully saturated rings. The number of pyridine rings is 1. The molecule has 2 heterocycles. The van der Waals surface area contributed by atoms with Gasteiger partial charge < -0.3 is 0 Å². The summed E-state index contributed by atoms with van der Waals surface area (Å²) in [4.78, 5) is 4.92. The molecular weight excluding hydrogens is 360 g/mol. The molecule has 0 aliphatic carbocycles. The Balaban J connectivity index is 2.00. The van der Waals surface area contributed by atoms with Crippen LogP contribution in [0.25, 0.3) is 38.7 Å². The van der Waals surface area contributed by atoms with Gasteiger partial charge in [-0.2, -0.15) is 0 Å². The molecule has 24 heavy (non-hydrogen) atoms. The molecule has 114 valence electrons. The van der Waals surface area contributed by atoms with E-state index in [9.17, 15) is 0 Å². The van der Waals surface area contributed by atoms with Crippen molar-refractivity contribution in [3.05, 3.63) is 83.3 Å². The molecule has 0 unspecified atom stereocenters. The fourth-order valence-electron chi connectivity index (χ4n) is 3.33. The summed E-state index contributed by atoms with van der Waals surface area (Å²) in [5.41, 5.74) is 6.66. The Hall–Kier alpha value is -2.65. The summed E-state index contributed by atoms with van der Waals surface area (Å²) in [6.07, 6.45) is 0. The van der Waals surface area contributed by atoms with Gasteiger partial charge in [0, 0.05) is 10.0 Å². The van der Waals surface area contributed by atoms with E-state index in [2.05, 4.69) is 93.1 Å². The van der Waals surface area contributed by atoms with Crippen LogP contribution in [-0.2, 0) is 0 Å². The summed E-state index contributed by atoms with van der Waals surface area (Å²) < 4.78 is 3.35. The molecule has 5 aromatic rings. The van der Waals surface area contributed by atoms with Crippen LogP contribution >= 0.6 is 15.9 Å². The Kier molecular flexibility index (Phi) is 2.97. The Labute approximate surface area is 147 Å². The van der Waals surface area contributed by atoms with Gasteiger partial charge in [0.2, 0.25) is 0 Å². The van der Waals surface area contributed by atoms with E-state index in [4.69, 9.17) is 4.98 Å². The van der Waals surface area contributed by atoms with Crippen molar-refractivity contribution in [2.24, 2.45) is 0 Å². The summed E-state index contributed by atoms with van der Waals surface area (Å²) in [5.74, 6) is 0. The Bertz CT molecular complexity index is 1200. The minimum Gasteiger partial charge on any atom is -0.292 e. The van der Waals surface area contributed by atoms with Crippen LogP contribution in [0.2, 0.25) is 0 Å². The Morgan fingerprint density at radius 1 is 0.750 bits per heavy atom. The second-order valence-electron chi connectivity index (χ2n) is 5.88. The average molecular weight is 373 g/mol. The third-order valence-corrected chi connectivity index (χ3v) is 4.96. The molecular formula is C21H13BrN2. The van der Waals surface area contributed by atoms with Crippen LogP contribution in [-0.4, -0.2) is 9.38 Å². The maximum atomic E-state index is 4.92. The normalized spacial score (nSPS) is 11.5. The van der Waals surface area contributed by atoms with Crippen LogP contribution in [0.1, 0.15) is 0 Å². The lowest BCUT2D eigenvalue weighted by atomic mass is 10.0. The number of halogens is 1. The maximum Gasteiger partial charge on any atom is 0.146 e. The minimum atomic E-state index is 0.997. The molecule has 0 N–H and O–H groups in total. The average Bonchev–Trinajstić information content (AvgIpc) is 3.02. The topological polar surface area (TPSA) is 17.3 Å². The summed E-state index contributed by atoms with van der Waals surface area (Å²) in [6.45, 7) is 0. The Morgan fingerprint density at radius 2 is 1.46 bits per heavy atom. The van der Waals surface area contributed by atoms with E-state index in [1.165, 1.54) is 16.5 Å². The van der Waals surface area contributed by atoms with Gasteiger partial charge in [0.05, 0.1) is 16.6 Å². The lowest BCUT2D eigenvalue weighted by Gasteiger charge is -2.09. The van der Waals surface area contributed by atoms with E-state index in [1.54, 1.807) is 0 Å². The van der Waals surface area contributed by atoms with E-state index in [0.717, 1.165) is 26.7 Å². The number of fused-ring (bicyclic) bond motifs is 5. The molecule has 3 heteroatoms. The number of hydrogen-bond donors (Lipinski definition) is 0.